The molecule has 1 aromatic rings. The molecule has 66 valence electrons. The summed E-state index contributed by atoms with van der Waals surface area (Å²) in [6.45, 7) is 0. The van der Waals surface area contributed by atoms with E-state index in [-0.39, 0.29) is 12.2 Å². The largest absolute Gasteiger partial charge is 0.481 e. The van der Waals surface area contributed by atoms with Crippen LogP contribution in [0.1, 0.15) is 6.42 Å². The van der Waals surface area contributed by atoms with Crippen LogP contribution < -0.4 is 0 Å². The van der Waals surface area contributed by atoms with Crippen LogP contribution in [0.2, 0.25) is 0 Å². The van der Waals surface area contributed by atoms with Crippen LogP contribution in [0.5, 0.6) is 0 Å². The summed E-state index contributed by atoms with van der Waals surface area (Å²) >= 11 is 1.39. The van der Waals surface area contributed by atoms with Crippen LogP contribution in [-0.2, 0) is 15.6 Å². The van der Waals surface area contributed by atoms with Crippen molar-refractivity contribution in [3.05, 3.63) is 17.5 Å². The molecule has 1 atom stereocenters. The molecule has 0 bridgehead atoms. The first kappa shape index (κ1) is 9.41. The molecule has 0 amide bonds. The topological polar surface area (TPSA) is 54.4 Å². The SMILES string of the molecule is O=C(O)CCS(=O)c1cccs1. The van der Waals surface area contributed by atoms with Gasteiger partial charge in [-0.25, -0.2) is 0 Å². The molecule has 1 aromatic heterocycles. The molecule has 3 nitrogen and oxygen atoms in total. The highest BCUT2D eigenvalue weighted by Crippen LogP contribution is 2.14. The minimum Gasteiger partial charge on any atom is -0.481 e. The average molecular weight is 204 g/mol. The van der Waals surface area contributed by atoms with E-state index in [4.69, 9.17) is 5.11 Å². The predicted molar refractivity (Wildman–Crippen MR) is 47.8 cm³/mol. The third-order valence-electron chi connectivity index (χ3n) is 1.22. The average Bonchev–Trinajstić information content (AvgIpc) is 2.51. The second kappa shape index (κ2) is 4.37. The summed E-state index contributed by atoms with van der Waals surface area (Å²) in [5.41, 5.74) is 0. The van der Waals surface area contributed by atoms with E-state index in [0.29, 0.717) is 0 Å². The summed E-state index contributed by atoms with van der Waals surface area (Å²) in [5, 5.41) is 10.2. The molecule has 0 aliphatic carbocycles. The van der Waals surface area contributed by atoms with Gasteiger partial charge in [-0.1, -0.05) is 6.07 Å². The summed E-state index contributed by atoms with van der Waals surface area (Å²) < 4.78 is 12.0. The number of hydrogen-bond acceptors (Lipinski definition) is 3. The van der Waals surface area contributed by atoms with Gasteiger partial charge in [-0.2, -0.15) is 0 Å². The minimum atomic E-state index is -1.14. The fourth-order valence-corrected chi connectivity index (χ4v) is 2.76. The molecular formula is C7H8O3S2. The van der Waals surface area contributed by atoms with Gasteiger partial charge in [0.2, 0.25) is 0 Å². The maximum atomic E-state index is 11.3. The molecule has 0 saturated heterocycles. The molecule has 0 saturated carbocycles. The maximum Gasteiger partial charge on any atom is 0.304 e. The predicted octanol–water partition coefficient (Wildman–Crippen LogP) is 1.33. The summed E-state index contributed by atoms with van der Waals surface area (Å²) in [4.78, 5) is 10.1. The Bertz CT molecular complexity index is 279. The lowest BCUT2D eigenvalue weighted by molar-refractivity contribution is -0.136. The Morgan fingerprint density at radius 2 is 2.42 bits per heavy atom. The van der Waals surface area contributed by atoms with Crippen LogP contribution in [-0.4, -0.2) is 21.0 Å². The van der Waals surface area contributed by atoms with Crippen molar-refractivity contribution < 1.29 is 14.1 Å². The lowest BCUT2D eigenvalue weighted by Gasteiger charge is -1.94. The number of thiophene rings is 1. The van der Waals surface area contributed by atoms with Crippen molar-refractivity contribution in [2.45, 2.75) is 10.6 Å². The second-order valence-electron chi connectivity index (χ2n) is 2.13. The molecule has 0 aliphatic rings. The number of carbonyl (C=O) groups is 1. The lowest BCUT2D eigenvalue weighted by Crippen LogP contribution is -2.03. The van der Waals surface area contributed by atoms with Crippen molar-refractivity contribution in [2.24, 2.45) is 0 Å². The van der Waals surface area contributed by atoms with Crippen LogP contribution in [0, 0.1) is 0 Å². The fraction of sp³-hybridized carbons (Fsp3) is 0.286. The van der Waals surface area contributed by atoms with Gasteiger partial charge < -0.3 is 5.11 Å². The minimum absolute atomic E-state index is 0.0372. The van der Waals surface area contributed by atoms with Crippen LogP contribution in [0.4, 0.5) is 0 Å². The van der Waals surface area contributed by atoms with Gasteiger partial charge in [0.25, 0.3) is 0 Å². The first-order valence-corrected chi connectivity index (χ1v) is 5.53. The third kappa shape index (κ3) is 2.75. The standard InChI is InChI=1S/C7H8O3S2/c8-6(9)3-5-12(10)7-2-1-4-11-7/h1-2,4H,3,5H2,(H,8,9). The van der Waals surface area contributed by atoms with E-state index in [0.717, 1.165) is 4.21 Å². The molecule has 12 heavy (non-hydrogen) atoms. The molecule has 1 heterocycles. The van der Waals surface area contributed by atoms with Crippen molar-refractivity contribution >= 4 is 28.1 Å². The van der Waals surface area contributed by atoms with Gasteiger partial charge in [-0.15, -0.1) is 11.3 Å². The first-order chi connectivity index (χ1) is 5.70. The van der Waals surface area contributed by atoms with Crippen LogP contribution in [0.3, 0.4) is 0 Å². The Balaban J connectivity index is 2.45. The van der Waals surface area contributed by atoms with Crippen LogP contribution >= 0.6 is 11.3 Å². The Morgan fingerprint density at radius 3 is 2.92 bits per heavy atom. The Labute approximate surface area is 76.5 Å². The van der Waals surface area contributed by atoms with E-state index in [1.54, 1.807) is 12.1 Å². The first-order valence-electron chi connectivity index (χ1n) is 3.34. The summed E-state index contributed by atoms with van der Waals surface area (Å²) in [6.07, 6.45) is -0.0372. The molecule has 0 aromatic carbocycles. The number of carboxylic acids is 1. The zero-order valence-electron chi connectivity index (χ0n) is 6.23. The monoisotopic (exact) mass is 204 g/mol. The van der Waals surface area contributed by atoms with Crippen molar-refractivity contribution in [3.8, 4) is 0 Å². The molecule has 1 unspecified atom stereocenters. The van der Waals surface area contributed by atoms with Crippen LogP contribution in [0.15, 0.2) is 21.7 Å². The van der Waals surface area contributed by atoms with Gasteiger partial charge in [-0.05, 0) is 11.4 Å². The zero-order chi connectivity index (χ0) is 8.97. The van der Waals surface area contributed by atoms with Crippen molar-refractivity contribution in [3.63, 3.8) is 0 Å². The second-order valence-corrected chi connectivity index (χ2v) is 4.87. The fourth-order valence-electron chi connectivity index (χ4n) is 0.674. The molecule has 1 N–H and O–H groups in total. The van der Waals surface area contributed by atoms with Gasteiger partial charge in [0, 0.05) is 5.75 Å². The van der Waals surface area contributed by atoms with E-state index in [9.17, 15) is 9.00 Å². The smallest absolute Gasteiger partial charge is 0.304 e. The number of aliphatic carboxylic acids is 1. The molecule has 5 heteroatoms. The van der Waals surface area contributed by atoms with Crippen molar-refractivity contribution in [2.75, 3.05) is 5.75 Å². The quantitative estimate of drug-likeness (QED) is 0.805. The number of hydrogen-bond donors (Lipinski definition) is 1. The molecule has 0 spiro atoms. The highest BCUT2D eigenvalue weighted by molar-refractivity contribution is 7.87. The number of carboxylic acid groups (broad SMARTS) is 1. The van der Waals surface area contributed by atoms with Gasteiger partial charge in [0.1, 0.15) is 0 Å². The molecule has 0 fully saturated rings. The maximum absolute atomic E-state index is 11.3. The van der Waals surface area contributed by atoms with E-state index >= 15 is 0 Å². The van der Waals surface area contributed by atoms with E-state index in [2.05, 4.69) is 0 Å². The highest BCUT2D eigenvalue weighted by Gasteiger charge is 2.06. The van der Waals surface area contributed by atoms with Crippen molar-refractivity contribution in [1.29, 1.82) is 0 Å². The lowest BCUT2D eigenvalue weighted by atomic mass is 10.5. The van der Waals surface area contributed by atoms with E-state index in [1.165, 1.54) is 11.3 Å². The van der Waals surface area contributed by atoms with Crippen LogP contribution in [0.25, 0.3) is 0 Å². The molecular weight excluding hydrogens is 196 g/mol. The van der Waals surface area contributed by atoms with Crippen molar-refractivity contribution in [1.82, 2.24) is 0 Å². The Morgan fingerprint density at radius 1 is 1.67 bits per heavy atom. The van der Waals surface area contributed by atoms with Gasteiger partial charge in [0.15, 0.2) is 0 Å². The van der Waals surface area contributed by atoms with E-state index < -0.39 is 16.8 Å². The molecule has 0 radical (unpaired) electrons. The molecule has 1 rings (SSSR count). The molecule has 0 aliphatic heterocycles. The van der Waals surface area contributed by atoms with Gasteiger partial charge in [0.05, 0.1) is 21.4 Å². The summed E-state index contributed by atoms with van der Waals surface area (Å²) in [7, 11) is -1.14. The number of rotatable bonds is 4. The normalized spacial score (nSPS) is 12.7. The third-order valence-corrected chi connectivity index (χ3v) is 3.89. The Kier molecular flexibility index (Phi) is 3.43. The summed E-state index contributed by atoms with van der Waals surface area (Å²) in [5.74, 6) is -0.699. The Hall–Kier alpha value is -0.680. The van der Waals surface area contributed by atoms with Gasteiger partial charge in [-0.3, -0.25) is 9.00 Å². The summed E-state index contributed by atoms with van der Waals surface area (Å²) in [6, 6.07) is 3.56. The zero-order valence-corrected chi connectivity index (χ0v) is 7.86. The highest BCUT2D eigenvalue weighted by atomic mass is 32.2. The van der Waals surface area contributed by atoms with Gasteiger partial charge >= 0.3 is 5.97 Å². The van der Waals surface area contributed by atoms with E-state index in [1.807, 2.05) is 5.38 Å².